The lowest BCUT2D eigenvalue weighted by Crippen LogP contribution is -2.45. The Morgan fingerprint density at radius 3 is 2.32 bits per heavy atom. The molecule has 1 aliphatic carbocycles. The lowest BCUT2D eigenvalue weighted by molar-refractivity contribution is -0.384. The maximum Gasteiger partial charge on any atom is 0.269 e. The highest BCUT2D eigenvalue weighted by atomic mass is 35.5. The van der Waals surface area contributed by atoms with Crippen LogP contribution in [0.4, 0.5) is 5.69 Å². The molecule has 0 aromatic heterocycles. The van der Waals surface area contributed by atoms with E-state index in [4.69, 9.17) is 11.6 Å². The predicted octanol–water partition coefficient (Wildman–Crippen LogP) is 3.05. The molecule has 146 valence electrons. The molecule has 2 atom stereocenters. The van der Waals surface area contributed by atoms with Gasteiger partial charge in [-0.05, 0) is 61.6 Å². The summed E-state index contributed by atoms with van der Waals surface area (Å²) in [6.07, 6.45) is 2.35. The summed E-state index contributed by atoms with van der Waals surface area (Å²) in [7, 11) is -3.78. The summed E-state index contributed by atoms with van der Waals surface area (Å²) in [5.74, 6) is 2.97. The Morgan fingerprint density at radius 2 is 1.68 bits per heavy atom. The number of hydrogen-bond acceptors (Lipinski definition) is 5. The molecule has 1 fully saturated rings. The topological polar surface area (TPSA) is 101 Å². The van der Waals surface area contributed by atoms with Crippen LogP contribution in [-0.4, -0.2) is 25.4 Å². The number of nitro benzene ring substituents is 1. The second-order valence-electron chi connectivity index (χ2n) is 6.42. The quantitative estimate of drug-likeness (QED) is 0.335. The first-order valence-corrected chi connectivity index (χ1v) is 10.5. The van der Waals surface area contributed by atoms with Gasteiger partial charge in [-0.3, -0.25) is 10.1 Å². The smallest absolute Gasteiger partial charge is 0.269 e. The van der Waals surface area contributed by atoms with Crippen molar-refractivity contribution in [2.75, 3.05) is 0 Å². The van der Waals surface area contributed by atoms with E-state index in [1.54, 1.807) is 24.3 Å². The van der Waals surface area contributed by atoms with Gasteiger partial charge in [0.05, 0.1) is 15.9 Å². The number of benzene rings is 2. The third-order valence-electron chi connectivity index (χ3n) is 4.49. The molecular formula is C19H18ClN3O4S. The zero-order valence-corrected chi connectivity index (χ0v) is 16.3. The first-order valence-electron chi connectivity index (χ1n) is 8.64. The minimum Gasteiger partial charge on any atom is -0.341 e. The average molecular weight is 420 g/mol. The lowest BCUT2D eigenvalue weighted by atomic mass is 10.2. The minimum absolute atomic E-state index is 0.00371. The monoisotopic (exact) mass is 419 g/mol. The second kappa shape index (κ2) is 8.61. The molecule has 0 radical (unpaired) electrons. The third-order valence-corrected chi connectivity index (χ3v) is 6.25. The van der Waals surface area contributed by atoms with Crippen LogP contribution in [-0.2, 0) is 10.0 Å². The normalized spacial score (nSPS) is 18.9. The number of sulfonamides is 1. The Balaban J connectivity index is 1.65. The molecule has 0 aliphatic heterocycles. The van der Waals surface area contributed by atoms with E-state index in [2.05, 4.69) is 22.0 Å². The van der Waals surface area contributed by atoms with Crippen molar-refractivity contribution in [3.63, 3.8) is 0 Å². The Hall–Kier alpha value is -2.60. The van der Waals surface area contributed by atoms with Gasteiger partial charge < -0.3 is 5.32 Å². The number of hydrogen-bond donors (Lipinski definition) is 2. The van der Waals surface area contributed by atoms with Crippen molar-refractivity contribution in [2.24, 2.45) is 0 Å². The van der Waals surface area contributed by atoms with E-state index >= 15 is 0 Å². The Labute approximate surface area is 168 Å². The SMILES string of the molecule is O=[N+]([O-])c1ccc(S(=O)(=O)NC2CCCC2NC#Cc2ccc(Cl)cc2)cc1. The first-order chi connectivity index (χ1) is 13.3. The van der Waals surface area contributed by atoms with E-state index in [1.165, 1.54) is 24.3 Å². The van der Waals surface area contributed by atoms with Crippen molar-refractivity contribution in [2.45, 2.75) is 36.2 Å². The lowest BCUT2D eigenvalue weighted by Gasteiger charge is -2.20. The Morgan fingerprint density at radius 1 is 1.04 bits per heavy atom. The molecule has 7 nitrogen and oxygen atoms in total. The highest BCUT2D eigenvalue weighted by Crippen LogP contribution is 2.22. The molecule has 2 N–H and O–H groups in total. The molecule has 2 unspecified atom stereocenters. The molecule has 1 aliphatic rings. The number of nitrogens with one attached hydrogen (secondary N) is 2. The number of rotatable bonds is 5. The van der Waals surface area contributed by atoms with Crippen LogP contribution < -0.4 is 10.0 Å². The molecule has 0 bridgehead atoms. The zero-order valence-electron chi connectivity index (χ0n) is 14.8. The summed E-state index contributed by atoms with van der Waals surface area (Å²) in [5, 5.41) is 14.4. The van der Waals surface area contributed by atoms with Gasteiger partial charge in [0, 0.05) is 34.8 Å². The summed E-state index contributed by atoms with van der Waals surface area (Å²) >= 11 is 5.84. The van der Waals surface area contributed by atoms with E-state index < -0.39 is 14.9 Å². The van der Waals surface area contributed by atoms with Gasteiger partial charge in [-0.25, -0.2) is 13.1 Å². The molecule has 2 aromatic rings. The highest BCUT2D eigenvalue weighted by Gasteiger charge is 2.31. The van der Waals surface area contributed by atoms with Crippen LogP contribution in [0.2, 0.25) is 5.02 Å². The fourth-order valence-electron chi connectivity index (χ4n) is 3.02. The van der Waals surface area contributed by atoms with Gasteiger partial charge >= 0.3 is 0 Å². The predicted molar refractivity (Wildman–Crippen MR) is 106 cm³/mol. The number of nitrogens with zero attached hydrogens (tertiary/aromatic N) is 1. The van der Waals surface area contributed by atoms with E-state index in [0.717, 1.165) is 18.4 Å². The molecule has 28 heavy (non-hydrogen) atoms. The second-order valence-corrected chi connectivity index (χ2v) is 8.57. The van der Waals surface area contributed by atoms with Crippen molar-refractivity contribution in [1.82, 2.24) is 10.0 Å². The summed E-state index contributed by atoms with van der Waals surface area (Å²) in [6, 6.07) is 14.4. The molecular weight excluding hydrogens is 402 g/mol. The standard InChI is InChI=1S/C19H18ClN3O4S/c20-15-6-4-14(5-7-15)12-13-21-18-2-1-3-19(18)22-28(26,27)17-10-8-16(9-11-17)23(24)25/h4-11,18-19,21-22H,1-3H2. The molecule has 3 rings (SSSR count). The van der Waals surface area contributed by atoms with E-state index in [9.17, 15) is 18.5 Å². The fourth-order valence-corrected chi connectivity index (χ4v) is 4.46. The van der Waals surface area contributed by atoms with Crippen LogP contribution in [0.3, 0.4) is 0 Å². The van der Waals surface area contributed by atoms with Crippen LogP contribution in [0.1, 0.15) is 24.8 Å². The number of non-ortho nitro benzene ring substituents is 1. The molecule has 0 amide bonds. The molecule has 0 saturated heterocycles. The fraction of sp³-hybridized carbons (Fsp3) is 0.263. The summed E-state index contributed by atoms with van der Waals surface area (Å²) in [4.78, 5) is 10.1. The summed E-state index contributed by atoms with van der Waals surface area (Å²) < 4.78 is 27.9. The maximum atomic E-state index is 12.6. The average Bonchev–Trinajstić information content (AvgIpc) is 3.09. The molecule has 2 aromatic carbocycles. The first kappa shape index (κ1) is 20.1. The van der Waals surface area contributed by atoms with Crippen LogP contribution in [0.15, 0.2) is 53.4 Å². The van der Waals surface area contributed by atoms with Gasteiger partial charge in [0.1, 0.15) is 0 Å². The number of halogens is 1. The summed E-state index contributed by atoms with van der Waals surface area (Å²) in [5.41, 5.74) is 0.648. The van der Waals surface area contributed by atoms with Crippen molar-refractivity contribution in [3.05, 3.63) is 69.2 Å². The van der Waals surface area contributed by atoms with Crippen LogP contribution in [0, 0.1) is 22.1 Å². The van der Waals surface area contributed by atoms with E-state index in [1.807, 2.05) is 0 Å². The van der Waals surface area contributed by atoms with Gasteiger partial charge in [-0.15, -0.1) is 0 Å². The zero-order chi connectivity index (χ0) is 20.1. The molecule has 0 heterocycles. The van der Waals surface area contributed by atoms with Gasteiger partial charge in [0.2, 0.25) is 10.0 Å². The highest BCUT2D eigenvalue weighted by molar-refractivity contribution is 7.89. The number of nitro groups is 1. The van der Waals surface area contributed by atoms with Crippen LogP contribution in [0.5, 0.6) is 0 Å². The minimum atomic E-state index is -3.78. The third kappa shape index (κ3) is 5.01. The molecule has 0 spiro atoms. The van der Waals surface area contributed by atoms with Crippen LogP contribution in [0.25, 0.3) is 0 Å². The molecule has 9 heteroatoms. The summed E-state index contributed by atoms with van der Waals surface area (Å²) in [6.45, 7) is 0. The van der Waals surface area contributed by atoms with Crippen LogP contribution >= 0.6 is 11.6 Å². The van der Waals surface area contributed by atoms with Gasteiger partial charge in [-0.2, -0.15) is 0 Å². The van der Waals surface area contributed by atoms with Crippen molar-refractivity contribution in [3.8, 4) is 12.0 Å². The van der Waals surface area contributed by atoms with Gasteiger partial charge in [-0.1, -0.05) is 11.6 Å². The molecule has 1 saturated carbocycles. The van der Waals surface area contributed by atoms with E-state index in [0.29, 0.717) is 11.4 Å². The maximum absolute atomic E-state index is 12.6. The largest absolute Gasteiger partial charge is 0.341 e. The Kier molecular flexibility index (Phi) is 6.19. The van der Waals surface area contributed by atoms with Crippen molar-refractivity contribution < 1.29 is 13.3 Å². The van der Waals surface area contributed by atoms with Crippen molar-refractivity contribution in [1.29, 1.82) is 0 Å². The van der Waals surface area contributed by atoms with Crippen molar-refractivity contribution >= 4 is 27.3 Å². The van der Waals surface area contributed by atoms with Gasteiger partial charge in [0.25, 0.3) is 5.69 Å². The van der Waals surface area contributed by atoms with E-state index in [-0.39, 0.29) is 22.7 Å². The Bertz CT molecular complexity index is 1010. The van der Waals surface area contributed by atoms with Gasteiger partial charge in [0.15, 0.2) is 0 Å².